The quantitative estimate of drug-likeness (QED) is 0.741. The summed E-state index contributed by atoms with van der Waals surface area (Å²) in [6.07, 6.45) is 6.75. The molecule has 4 heterocycles. The third-order valence-electron chi connectivity index (χ3n) is 6.38. The molecule has 0 aliphatic carbocycles. The molecule has 2 aromatic heterocycles. The fourth-order valence-electron chi connectivity index (χ4n) is 4.66. The first kappa shape index (κ1) is 22.2. The molecule has 2 aliphatic heterocycles. The van der Waals surface area contributed by atoms with E-state index in [-0.39, 0.29) is 23.4 Å². The van der Waals surface area contributed by atoms with Crippen molar-refractivity contribution in [2.24, 2.45) is 0 Å². The summed E-state index contributed by atoms with van der Waals surface area (Å²) in [7, 11) is 0. The number of amides is 2. The Labute approximate surface area is 187 Å². The Morgan fingerprint density at radius 3 is 2.78 bits per heavy atom. The summed E-state index contributed by atoms with van der Waals surface area (Å²) in [6, 6.07) is 1.68. The first-order valence-electron chi connectivity index (χ1n) is 11.7. The van der Waals surface area contributed by atoms with E-state index in [1.54, 1.807) is 9.58 Å². The van der Waals surface area contributed by atoms with Crippen LogP contribution in [0.3, 0.4) is 0 Å². The molecule has 2 aliphatic rings. The second-order valence-electron chi connectivity index (χ2n) is 8.76. The van der Waals surface area contributed by atoms with Gasteiger partial charge in [-0.1, -0.05) is 6.92 Å². The number of hydrogen-bond acceptors (Lipinski definition) is 5. The predicted molar refractivity (Wildman–Crippen MR) is 119 cm³/mol. The minimum Gasteiger partial charge on any atom is -0.336 e. The van der Waals surface area contributed by atoms with Crippen molar-refractivity contribution in [1.82, 2.24) is 29.5 Å². The molecule has 0 radical (unpaired) electrons. The summed E-state index contributed by atoms with van der Waals surface area (Å²) < 4.78 is 1.78. The summed E-state index contributed by atoms with van der Waals surface area (Å²) in [5.74, 6) is 0.689. The van der Waals surface area contributed by atoms with Crippen molar-refractivity contribution in [2.75, 3.05) is 13.1 Å². The Morgan fingerprint density at radius 1 is 1.19 bits per heavy atom. The number of nitrogens with zero attached hydrogens (tertiary/aromatic N) is 5. The van der Waals surface area contributed by atoms with Crippen LogP contribution in [0.2, 0.25) is 0 Å². The smallest absolute Gasteiger partial charge is 0.254 e. The van der Waals surface area contributed by atoms with Crippen LogP contribution in [0.5, 0.6) is 0 Å². The molecule has 2 aromatic rings. The largest absolute Gasteiger partial charge is 0.336 e. The van der Waals surface area contributed by atoms with E-state index in [0.717, 1.165) is 31.4 Å². The highest BCUT2D eigenvalue weighted by molar-refractivity contribution is 5.77. The van der Waals surface area contributed by atoms with Crippen LogP contribution in [0.4, 0.5) is 0 Å². The van der Waals surface area contributed by atoms with Gasteiger partial charge in [-0.05, 0) is 45.1 Å². The number of carbonyl (C=O) groups excluding carboxylic acids is 2. The predicted octanol–water partition coefficient (Wildman–Crippen LogP) is 2.10. The van der Waals surface area contributed by atoms with Crippen LogP contribution in [0.15, 0.2) is 17.1 Å². The number of carbonyl (C=O) groups is 2. The lowest BCUT2D eigenvalue weighted by atomic mass is 9.99. The molecule has 0 aromatic carbocycles. The molecule has 32 heavy (non-hydrogen) atoms. The summed E-state index contributed by atoms with van der Waals surface area (Å²) in [5.41, 5.74) is 2.12. The Hall–Kier alpha value is -2.97. The Morgan fingerprint density at radius 2 is 2.03 bits per heavy atom. The highest BCUT2D eigenvalue weighted by Crippen LogP contribution is 2.30. The summed E-state index contributed by atoms with van der Waals surface area (Å²) >= 11 is 0. The molecule has 2 amide bonds. The van der Waals surface area contributed by atoms with Gasteiger partial charge in [0.25, 0.3) is 5.56 Å². The number of fused-ring (bicyclic) bond motifs is 1. The molecule has 0 spiro atoms. The highest BCUT2D eigenvalue weighted by Gasteiger charge is 2.31. The second-order valence-corrected chi connectivity index (χ2v) is 8.76. The minimum absolute atomic E-state index is 0.0444. The zero-order valence-electron chi connectivity index (χ0n) is 19.0. The number of likely N-dealkylation sites (tertiary alicyclic amines) is 1. The number of hydrogen-bond donors (Lipinski definition) is 1. The molecule has 1 saturated heterocycles. The number of H-pyrrole nitrogens is 1. The van der Waals surface area contributed by atoms with E-state index in [9.17, 15) is 14.4 Å². The van der Waals surface area contributed by atoms with Crippen molar-refractivity contribution in [3.8, 4) is 0 Å². The Kier molecular flexibility index (Phi) is 6.72. The van der Waals surface area contributed by atoms with Crippen LogP contribution < -0.4 is 5.56 Å². The van der Waals surface area contributed by atoms with Gasteiger partial charge in [-0.15, -0.1) is 0 Å². The molecule has 0 saturated carbocycles. The van der Waals surface area contributed by atoms with Crippen molar-refractivity contribution in [1.29, 1.82) is 0 Å². The SMILES string of the molecule is CCCC(=O)N1CCc2c(nc([C@H]3CCCCN3C(=O)CCn3ccc(C)n3)[nH]c2=O)C1. The van der Waals surface area contributed by atoms with E-state index in [1.165, 1.54) is 0 Å². The first-order chi connectivity index (χ1) is 15.5. The van der Waals surface area contributed by atoms with Gasteiger partial charge in [-0.2, -0.15) is 5.10 Å². The van der Waals surface area contributed by atoms with E-state index in [4.69, 9.17) is 4.98 Å². The van der Waals surface area contributed by atoms with Gasteiger partial charge in [-0.3, -0.25) is 19.1 Å². The molecule has 0 unspecified atom stereocenters. The average Bonchev–Trinajstić information content (AvgIpc) is 3.22. The summed E-state index contributed by atoms with van der Waals surface area (Å²) in [6.45, 7) is 6.01. The fraction of sp³-hybridized carbons (Fsp3) is 0.609. The van der Waals surface area contributed by atoms with Crippen molar-refractivity contribution < 1.29 is 9.59 Å². The normalized spacial score (nSPS) is 18.5. The molecule has 1 fully saturated rings. The fourth-order valence-corrected chi connectivity index (χ4v) is 4.66. The van der Waals surface area contributed by atoms with Gasteiger partial charge in [-0.25, -0.2) is 4.98 Å². The third kappa shape index (κ3) is 4.76. The Balaban J connectivity index is 1.52. The van der Waals surface area contributed by atoms with Crippen LogP contribution in [0.1, 0.15) is 74.3 Å². The number of aryl methyl sites for hydroxylation is 2. The van der Waals surface area contributed by atoms with Crippen molar-refractivity contribution in [3.05, 3.63) is 45.4 Å². The van der Waals surface area contributed by atoms with E-state index in [1.807, 2.05) is 31.0 Å². The number of piperidine rings is 1. The average molecular weight is 441 g/mol. The van der Waals surface area contributed by atoms with Crippen LogP contribution in [0.25, 0.3) is 0 Å². The third-order valence-corrected chi connectivity index (χ3v) is 6.38. The van der Waals surface area contributed by atoms with Crippen LogP contribution in [-0.2, 0) is 29.1 Å². The second kappa shape index (κ2) is 9.67. The first-order valence-corrected chi connectivity index (χ1v) is 11.7. The lowest BCUT2D eigenvalue weighted by Crippen LogP contribution is -2.42. The highest BCUT2D eigenvalue weighted by atomic mass is 16.2. The topological polar surface area (TPSA) is 104 Å². The van der Waals surface area contributed by atoms with Crippen molar-refractivity contribution >= 4 is 11.8 Å². The lowest BCUT2D eigenvalue weighted by molar-refractivity contribution is -0.135. The Bertz CT molecular complexity index is 1040. The maximum Gasteiger partial charge on any atom is 0.254 e. The van der Waals surface area contributed by atoms with E-state index < -0.39 is 0 Å². The lowest BCUT2D eigenvalue weighted by Gasteiger charge is -2.36. The van der Waals surface area contributed by atoms with E-state index in [2.05, 4.69) is 10.1 Å². The van der Waals surface area contributed by atoms with E-state index in [0.29, 0.717) is 62.5 Å². The zero-order valence-corrected chi connectivity index (χ0v) is 19.0. The summed E-state index contributed by atoms with van der Waals surface area (Å²) in [4.78, 5) is 49.6. The molecule has 172 valence electrons. The molecular formula is C23H32N6O3. The summed E-state index contributed by atoms with van der Waals surface area (Å²) in [5, 5.41) is 4.35. The van der Waals surface area contributed by atoms with Crippen molar-refractivity contribution in [3.63, 3.8) is 0 Å². The van der Waals surface area contributed by atoms with Crippen molar-refractivity contribution in [2.45, 2.75) is 77.9 Å². The van der Waals surface area contributed by atoms with Crippen LogP contribution in [-0.4, -0.2) is 54.5 Å². The number of aromatic amines is 1. The number of nitrogens with one attached hydrogen (secondary N) is 1. The van der Waals surface area contributed by atoms with Crippen LogP contribution >= 0.6 is 0 Å². The molecule has 1 N–H and O–H groups in total. The molecule has 0 bridgehead atoms. The number of rotatable bonds is 6. The molecule has 9 heteroatoms. The maximum atomic E-state index is 13.1. The van der Waals surface area contributed by atoms with Crippen LogP contribution in [0, 0.1) is 6.92 Å². The number of aromatic nitrogens is 4. The molecule has 4 rings (SSSR count). The standard InChI is InChI=1S/C23H32N6O3/c1-3-6-20(30)27-12-9-17-18(15-27)24-22(25-23(17)32)19-7-4-5-11-29(19)21(31)10-14-28-13-8-16(2)26-28/h8,13,19H,3-7,9-12,14-15H2,1-2H3,(H,24,25,32)/t19-/m1/s1. The minimum atomic E-state index is -0.240. The van der Waals surface area contributed by atoms with Gasteiger partial charge < -0.3 is 14.8 Å². The van der Waals surface area contributed by atoms with Gasteiger partial charge in [0.1, 0.15) is 5.82 Å². The van der Waals surface area contributed by atoms with Gasteiger partial charge in [0.2, 0.25) is 11.8 Å². The maximum absolute atomic E-state index is 13.1. The zero-order chi connectivity index (χ0) is 22.7. The van der Waals surface area contributed by atoms with Gasteiger partial charge >= 0.3 is 0 Å². The van der Waals surface area contributed by atoms with Gasteiger partial charge in [0.05, 0.1) is 24.0 Å². The van der Waals surface area contributed by atoms with Gasteiger partial charge in [0, 0.05) is 44.2 Å². The molecular weight excluding hydrogens is 408 g/mol. The van der Waals surface area contributed by atoms with Gasteiger partial charge in [0.15, 0.2) is 0 Å². The molecule has 9 nitrogen and oxygen atoms in total. The monoisotopic (exact) mass is 440 g/mol. The molecule has 1 atom stereocenters. The van der Waals surface area contributed by atoms with E-state index >= 15 is 0 Å².